The van der Waals surface area contributed by atoms with Gasteiger partial charge in [0.2, 0.25) is 9.47 Å². The van der Waals surface area contributed by atoms with E-state index in [0.29, 0.717) is 15.3 Å². The zero-order chi connectivity index (χ0) is 9.26. The third kappa shape index (κ3) is 2.12. The third-order valence-electron chi connectivity index (χ3n) is 1.32. The van der Waals surface area contributed by atoms with Gasteiger partial charge in [-0.1, -0.05) is 6.07 Å². The van der Waals surface area contributed by atoms with E-state index >= 15 is 0 Å². The summed E-state index contributed by atoms with van der Waals surface area (Å²) < 4.78 is 1.08. The molecule has 13 heavy (non-hydrogen) atoms. The maximum Gasteiger partial charge on any atom is 0.201 e. The van der Waals surface area contributed by atoms with Crippen LogP contribution >= 0.6 is 43.2 Å². The van der Waals surface area contributed by atoms with Gasteiger partial charge in [-0.25, -0.2) is 9.97 Å². The number of hydrogen-bond donors (Lipinski definition) is 0. The minimum absolute atomic E-state index is 0.540. The highest BCUT2D eigenvalue weighted by molar-refractivity contribution is 9.11. The summed E-state index contributed by atoms with van der Waals surface area (Å²) in [7, 11) is 0. The van der Waals surface area contributed by atoms with E-state index in [4.69, 9.17) is 0 Å². The summed E-state index contributed by atoms with van der Waals surface area (Å²) in [5, 5.41) is 1.99. The Labute approximate surface area is 95.5 Å². The Bertz CT molecular complexity index is 395. The van der Waals surface area contributed by atoms with Gasteiger partial charge in [0.05, 0.1) is 4.88 Å². The Hall–Kier alpha value is -0.330. The number of halogens is 2. The van der Waals surface area contributed by atoms with E-state index in [9.17, 15) is 0 Å². The number of nitrogens with zero attached hydrogens (tertiary/aromatic N) is 3. The van der Waals surface area contributed by atoms with Crippen LogP contribution in [0.25, 0.3) is 10.7 Å². The lowest BCUT2D eigenvalue weighted by molar-refractivity contribution is 0.987. The Morgan fingerprint density at radius 2 is 1.77 bits per heavy atom. The van der Waals surface area contributed by atoms with E-state index in [2.05, 4.69) is 46.8 Å². The summed E-state index contributed by atoms with van der Waals surface area (Å²) in [4.78, 5) is 13.3. The average Bonchev–Trinajstić information content (AvgIpc) is 2.53. The Kier molecular flexibility index (Phi) is 2.71. The summed E-state index contributed by atoms with van der Waals surface area (Å²) in [5.74, 6) is 0.684. The van der Waals surface area contributed by atoms with Crippen LogP contribution in [0, 0.1) is 0 Å². The van der Waals surface area contributed by atoms with Gasteiger partial charge in [0.1, 0.15) is 0 Å². The first-order valence-corrected chi connectivity index (χ1v) is 5.83. The summed E-state index contributed by atoms with van der Waals surface area (Å²) in [6.45, 7) is 0. The van der Waals surface area contributed by atoms with Crippen LogP contribution in [0.5, 0.6) is 0 Å². The average molecular weight is 321 g/mol. The van der Waals surface area contributed by atoms with Crippen LogP contribution in [0.15, 0.2) is 27.0 Å². The second kappa shape index (κ2) is 3.81. The second-order valence-electron chi connectivity index (χ2n) is 2.17. The molecule has 0 saturated carbocycles. The molecule has 0 radical (unpaired) electrons. The van der Waals surface area contributed by atoms with Crippen LogP contribution in [0.3, 0.4) is 0 Å². The lowest BCUT2D eigenvalue weighted by atomic mass is 10.4. The Morgan fingerprint density at radius 1 is 1.08 bits per heavy atom. The molecule has 2 rings (SSSR count). The minimum atomic E-state index is 0.540. The fourth-order valence-electron chi connectivity index (χ4n) is 0.842. The molecule has 66 valence electrons. The van der Waals surface area contributed by atoms with Gasteiger partial charge < -0.3 is 0 Å². The highest BCUT2D eigenvalue weighted by Crippen LogP contribution is 2.22. The van der Waals surface area contributed by atoms with E-state index < -0.39 is 0 Å². The predicted octanol–water partition coefficient (Wildman–Crippen LogP) is 3.13. The fourth-order valence-corrected chi connectivity index (χ4v) is 2.41. The largest absolute Gasteiger partial charge is 0.201 e. The molecular weight excluding hydrogens is 318 g/mol. The van der Waals surface area contributed by atoms with Gasteiger partial charge in [0, 0.05) is 0 Å². The van der Waals surface area contributed by atoms with Crippen LogP contribution in [0.1, 0.15) is 0 Å². The molecule has 0 spiro atoms. The maximum atomic E-state index is 4.15. The lowest BCUT2D eigenvalue weighted by Gasteiger charge is -1.96. The van der Waals surface area contributed by atoms with Gasteiger partial charge in [0.25, 0.3) is 0 Å². The van der Waals surface area contributed by atoms with Gasteiger partial charge >= 0.3 is 0 Å². The molecule has 0 aliphatic heterocycles. The smallest absolute Gasteiger partial charge is 0.201 e. The summed E-state index contributed by atoms with van der Waals surface area (Å²) >= 11 is 8.02. The van der Waals surface area contributed by atoms with Crippen LogP contribution in [-0.4, -0.2) is 15.0 Å². The van der Waals surface area contributed by atoms with E-state index in [1.54, 1.807) is 11.3 Å². The second-order valence-corrected chi connectivity index (χ2v) is 4.54. The first-order chi connectivity index (χ1) is 6.25. The monoisotopic (exact) mass is 319 g/mol. The van der Waals surface area contributed by atoms with E-state index in [0.717, 1.165) is 4.88 Å². The molecule has 2 heterocycles. The molecule has 3 nitrogen and oxygen atoms in total. The van der Waals surface area contributed by atoms with Crippen molar-refractivity contribution in [2.45, 2.75) is 0 Å². The quantitative estimate of drug-likeness (QED) is 0.810. The van der Waals surface area contributed by atoms with Crippen molar-refractivity contribution in [2.75, 3.05) is 0 Å². The molecular formula is C7H3Br2N3S. The number of aromatic nitrogens is 3. The molecule has 0 aromatic carbocycles. The summed E-state index contributed by atoms with van der Waals surface area (Å²) in [6, 6.07) is 3.93. The van der Waals surface area contributed by atoms with Crippen molar-refractivity contribution < 1.29 is 0 Å². The van der Waals surface area contributed by atoms with Crippen molar-refractivity contribution in [3.8, 4) is 10.7 Å². The van der Waals surface area contributed by atoms with Gasteiger partial charge in [-0.2, -0.15) is 4.98 Å². The van der Waals surface area contributed by atoms with Crippen molar-refractivity contribution in [1.82, 2.24) is 15.0 Å². The van der Waals surface area contributed by atoms with Gasteiger partial charge in [-0.05, 0) is 43.3 Å². The molecule has 0 bridgehead atoms. The SMILES string of the molecule is Brc1nc(Br)nc(-c2cccs2)n1. The molecule has 0 unspecified atom stereocenters. The molecule has 2 aromatic rings. The molecule has 0 amide bonds. The molecule has 2 aromatic heterocycles. The third-order valence-corrected chi connectivity index (χ3v) is 2.90. The molecule has 0 N–H and O–H groups in total. The number of hydrogen-bond acceptors (Lipinski definition) is 4. The zero-order valence-corrected chi connectivity index (χ0v) is 10.2. The first kappa shape index (κ1) is 9.23. The van der Waals surface area contributed by atoms with Crippen LogP contribution in [0.2, 0.25) is 0 Å². The van der Waals surface area contributed by atoms with Crippen LogP contribution in [-0.2, 0) is 0 Å². The van der Waals surface area contributed by atoms with Gasteiger partial charge in [-0.15, -0.1) is 11.3 Å². The van der Waals surface area contributed by atoms with Crippen molar-refractivity contribution in [1.29, 1.82) is 0 Å². The summed E-state index contributed by atoms with van der Waals surface area (Å²) in [6.07, 6.45) is 0. The maximum absolute atomic E-state index is 4.15. The molecule has 0 aliphatic rings. The lowest BCUT2D eigenvalue weighted by Crippen LogP contribution is -1.92. The van der Waals surface area contributed by atoms with E-state index in [-0.39, 0.29) is 0 Å². The zero-order valence-electron chi connectivity index (χ0n) is 6.24. The highest BCUT2D eigenvalue weighted by atomic mass is 79.9. The summed E-state index contributed by atoms with van der Waals surface area (Å²) in [5.41, 5.74) is 0. The highest BCUT2D eigenvalue weighted by Gasteiger charge is 2.05. The van der Waals surface area contributed by atoms with E-state index in [1.807, 2.05) is 17.5 Å². The Morgan fingerprint density at radius 3 is 2.31 bits per heavy atom. The normalized spacial score (nSPS) is 10.3. The number of thiophene rings is 1. The van der Waals surface area contributed by atoms with Gasteiger partial charge in [0.15, 0.2) is 5.82 Å². The molecule has 6 heteroatoms. The number of rotatable bonds is 1. The molecule has 0 aliphatic carbocycles. The van der Waals surface area contributed by atoms with Crippen LogP contribution in [0.4, 0.5) is 0 Å². The minimum Gasteiger partial charge on any atom is -0.201 e. The van der Waals surface area contributed by atoms with E-state index in [1.165, 1.54) is 0 Å². The van der Waals surface area contributed by atoms with Crippen molar-refractivity contribution in [3.63, 3.8) is 0 Å². The predicted molar refractivity (Wildman–Crippen MR) is 58.5 cm³/mol. The standard InChI is InChI=1S/C7H3Br2N3S/c8-6-10-5(11-7(9)12-6)4-2-1-3-13-4/h1-3H. The Balaban J connectivity index is 2.53. The van der Waals surface area contributed by atoms with Crippen molar-refractivity contribution in [3.05, 3.63) is 27.0 Å². The fraction of sp³-hybridized carbons (Fsp3) is 0. The topological polar surface area (TPSA) is 38.7 Å². The molecule has 0 saturated heterocycles. The molecule has 0 atom stereocenters. The molecule has 0 fully saturated rings. The van der Waals surface area contributed by atoms with Crippen molar-refractivity contribution >= 4 is 43.2 Å². The van der Waals surface area contributed by atoms with Crippen LogP contribution < -0.4 is 0 Å². The van der Waals surface area contributed by atoms with Crippen molar-refractivity contribution in [2.24, 2.45) is 0 Å². The first-order valence-electron chi connectivity index (χ1n) is 3.36. The van der Waals surface area contributed by atoms with Gasteiger partial charge in [-0.3, -0.25) is 0 Å².